The second-order valence-electron chi connectivity index (χ2n) is 6.87. The molecule has 30 heavy (non-hydrogen) atoms. The molecule has 0 fully saturated rings. The molecular formula is C22H25FN4O2S. The number of benzene rings is 2. The van der Waals surface area contributed by atoms with Crippen LogP contribution < -0.4 is 10.1 Å². The number of thioether (sulfide) groups is 1. The summed E-state index contributed by atoms with van der Waals surface area (Å²) in [7, 11) is 0. The van der Waals surface area contributed by atoms with E-state index < -0.39 is 11.9 Å². The first-order chi connectivity index (χ1) is 14.5. The number of hydrogen-bond acceptors (Lipinski definition) is 5. The minimum absolute atomic E-state index is 0.0610. The summed E-state index contributed by atoms with van der Waals surface area (Å²) in [6, 6.07) is 15.9. The van der Waals surface area contributed by atoms with Crippen molar-refractivity contribution in [1.82, 2.24) is 20.1 Å². The lowest BCUT2D eigenvalue weighted by Crippen LogP contribution is -2.33. The standard InChI is InChI=1S/C22H25FN4O2S/c1-4-15(2)24-20(28)14-30-22-26-25-21(27(22)17-10-6-5-7-11-17)16(3)29-19-13-9-8-12-18(19)23/h5-13,15-16H,4,14H2,1-3H3,(H,24,28). The fourth-order valence-electron chi connectivity index (χ4n) is 2.79. The lowest BCUT2D eigenvalue weighted by molar-refractivity contribution is -0.119. The van der Waals surface area contributed by atoms with Gasteiger partial charge in [-0.25, -0.2) is 4.39 Å². The van der Waals surface area contributed by atoms with Gasteiger partial charge in [-0.2, -0.15) is 0 Å². The van der Waals surface area contributed by atoms with Gasteiger partial charge in [0.05, 0.1) is 5.75 Å². The molecule has 0 spiro atoms. The first-order valence-corrected chi connectivity index (χ1v) is 10.8. The molecule has 1 amide bonds. The summed E-state index contributed by atoms with van der Waals surface area (Å²) in [6.45, 7) is 5.78. The van der Waals surface area contributed by atoms with E-state index in [1.165, 1.54) is 17.8 Å². The number of carbonyl (C=O) groups excluding carboxylic acids is 1. The summed E-state index contributed by atoms with van der Waals surface area (Å²) in [5.74, 6) is 0.391. The second kappa shape index (κ2) is 10.2. The van der Waals surface area contributed by atoms with Gasteiger partial charge in [0.2, 0.25) is 5.91 Å². The Labute approximate surface area is 179 Å². The number of halogens is 1. The zero-order valence-electron chi connectivity index (χ0n) is 17.2. The Kier molecular flexibility index (Phi) is 7.46. The fourth-order valence-corrected chi connectivity index (χ4v) is 3.56. The van der Waals surface area contributed by atoms with Crippen molar-refractivity contribution >= 4 is 17.7 Å². The molecule has 2 unspecified atom stereocenters. The molecule has 2 atom stereocenters. The molecular weight excluding hydrogens is 403 g/mol. The molecule has 1 aromatic heterocycles. The first kappa shape index (κ1) is 21.8. The number of ether oxygens (including phenoxy) is 1. The SMILES string of the molecule is CCC(C)NC(=O)CSc1nnc(C(C)Oc2ccccc2F)n1-c1ccccc1. The Morgan fingerprint density at radius 2 is 1.83 bits per heavy atom. The van der Waals surface area contributed by atoms with Crippen LogP contribution >= 0.6 is 11.8 Å². The summed E-state index contributed by atoms with van der Waals surface area (Å²) in [5, 5.41) is 12.1. The van der Waals surface area contributed by atoms with Crippen molar-refractivity contribution in [2.24, 2.45) is 0 Å². The number of amides is 1. The van der Waals surface area contributed by atoms with Gasteiger partial charge in [0.15, 0.2) is 28.7 Å². The Balaban J connectivity index is 1.85. The van der Waals surface area contributed by atoms with Crippen LogP contribution in [0.1, 0.15) is 39.1 Å². The zero-order chi connectivity index (χ0) is 21.5. The van der Waals surface area contributed by atoms with E-state index in [1.54, 1.807) is 25.1 Å². The average molecular weight is 429 g/mol. The van der Waals surface area contributed by atoms with E-state index in [1.807, 2.05) is 48.7 Å². The number of carbonyl (C=O) groups is 1. The zero-order valence-corrected chi connectivity index (χ0v) is 18.0. The maximum atomic E-state index is 14.0. The van der Waals surface area contributed by atoms with Crippen LogP contribution in [0, 0.1) is 5.82 Å². The van der Waals surface area contributed by atoms with Gasteiger partial charge in [0, 0.05) is 11.7 Å². The summed E-state index contributed by atoms with van der Waals surface area (Å²) < 4.78 is 21.7. The summed E-state index contributed by atoms with van der Waals surface area (Å²) in [4.78, 5) is 12.2. The third-order valence-electron chi connectivity index (χ3n) is 4.53. The molecule has 1 N–H and O–H groups in total. The lowest BCUT2D eigenvalue weighted by Gasteiger charge is -2.17. The van der Waals surface area contributed by atoms with Crippen LogP contribution in [-0.4, -0.2) is 32.5 Å². The van der Waals surface area contributed by atoms with Gasteiger partial charge in [-0.15, -0.1) is 10.2 Å². The van der Waals surface area contributed by atoms with Crippen LogP contribution in [0.4, 0.5) is 4.39 Å². The quantitative estimate of drug-likeness (QED) is 0.506. The fraction of sp³-hybridized carbons (Fsp3) is 0.318. The van der Waals surface area contributed by atoms with Crippen LogP contribution in [0.5, 0.6) is 5.75 Å². The van der Waals surface area contributed by atoms with Crippen molar-refractivity contribution < 1.29 is 13.9 Å². The van der Waals surface area contributed by atoms with Gasteiger partial charge in [-0.05, 0) is 44.5 Å². The van der Waals surface area contributed by atoms with E-state index in [0.29, 0.717) is 11.0 Å². The first-order valence-electron chi connectivity index (χ1n) is 9.83. The third-order valence-corrected chi connectivity index (χ3v) is 5.46. The largest absolute Gasteiger partial charge is 0.480 e. The minimum atomic E-state index is -0.558. The van der Waals surface area contributed by atoms with Crippen molar-refractivity contribution in [2.45, 2.75) is 44.5 Å². The highest BCUT2D eigenvalue weighted by molar-refractivity contribution is 7.99. The maximum Gasteiger partial charge on any atom is 0.230 e. The molecule has 3 aromatic rings. The molecule has 2 aromatic carbocycles. The van der Waals surface area contributed by atoms with Crippen LogP contribution in [0.2, 0.25) is 0 Å². The van der Waals surface area contributed by atoms with Gasteiger partial charge in [-0.1, -0.05) is 49.0 Å². The minimum Gasteiger partial charge on any atom is -0.480 e. The van der Waals surface area contributed by atoms with Crippen LogP contribution in [-0.2, 0) is 4.79 Å². The Bertz CT molecular complexity index is 980. The van der Waals surface area contributed by atoms with E-state index >= 15 is 0 Å². The van der Waals surface area contributed by atoms with E-state index in [4.69, 9.17) is 4.74 Å². The summed E-state index contributed by atoms with van der Waals surface area (Å²) >= 11 is 1.30. The average Bonchev–Trinajstić information content (AvgIpc) is 3.18. The molecule has 3 rings (SSSR count). The highest BCUT2D eigenvalue weighted by Gasteiger charge is 2.22. The number of nitrogens with one attached hydrogen (secondary N) is 1. The predicted molar refractivity (Wildman–Crippen MR) is 115 cm³/mol. The van der Waals surface area contributed by atoms with Crippen LogP contribution in [0.25, 0.3) is 5.69 Å². The number of rotatable bonds is 9. The normalized spacial score (nSPS) is 12.9. The van der Waals surface area contributed by atoms with Crippen molar-refractivity contribution in [2.75, 3.05) is 5.75 Å². The number of aromatic nitrogens is 3. The van der Waals surface area contributed by atoms with E-state index in [-0.39, 0.29) is 23.5 Å². The van der Waals surface area contributed by atoms with Crippen molar-refractivity contribution in [3.05, 3.63) is 66.2 Å². The number of nitrogens with zero attached hydrogens (tertiary/aromatic N) is 3. The van der Waals surface area contributed by atoms with E-state index in [0.717, 1.165) is 12.1 Å². The number of para-hydroxylation sites is 2. The smallest absolute Gasteiger partial charge is 0.230 e. The second-order valence-corrected chi connectivity index (χ2v) is 7.81. The molecule has 1 heterocycles. The molecule has 0 aliphatic heterocycles. The molecule has 0 bridgehead atoms. The predicted octanol–water partition coefficient (Wildman–Crippen LogP) is 4.55. The van der Waals surface area contributed by atoms with Crippen molar-refractivity contribution in [1.29, 1.82) is 0 Å². The molecule has 6 nitrogen and oxygen atoms in total. The Hall–Kier alpha value is -2.87. The van der Waals surface area contributed by atoms with Gasteiger partial charge in [0.1, 0.15) is 0 Å². The maximum absolute atomic E-state index is 14.0. The van der Waals surface area contributed by atoms with Crippen molar-refractivity contribution in [3.63, 3.8) is 0 Å². The molecule has 0 aliphatic rings. The number of hydrogen-bond donors (Lipinski definition) is 1. The van der Waals surface area contributed by atoms with Gasteiger partial charge >= 0.3 is 0 Å². The molecule has 158 valence electrons. The van der Waals surface area contributed by atoms with Gasteiger partial charge < -0.3 is 10.1 Å². The van der Waals surface area contributed by atoms with E-state index in [2.05, 4.69) is 15.5 Å². The Morgan fingerprint density at radius 1 is 1.13 bits per heavy atom. The molecule has 0 radical (unpaired) electrons. The summed E-state index contributed by atoms with van der Waals surface area (Å²) in [6.07, 6.45) is 0.309. The van der Waals surface area contributed by atoms with Crippen LogP contribution in [0.3, 0.4) is 0 Å². The molecule has 0 saturated heterocycles. The Morgan fingerprint density at radius 3 is 2.53 bits per heavy atom. The van der Waals surface area contributed by atoms with Crippen LogP contribution in [0.15, 0.2) is 59.8 Å². The summed E-state index contributed by atoms with van der Waals surface area (Å²) in [5.41, 5.74) is 0.839. The topological polar surface area (TPSA) is 69.0 Å². The van der Waals surface area contributed by atoms with Gasteiger partial charge in [-0.3, -0.25) is 9.36 Å². The molecule has 0 aliphatic carbocycles. The third kappa shape index (κ3) is 5.38. The molecule has 8 heteroatoms. The van der Waals surface area contributed by atoms with E-state index in [9.17, 15) is 9.18 Å². The highest BCUT2D eigenvalue weighted by Crippen LogP contribution is 2.28. The molecule has 0 saturated carbocycles. The monoisotopic (exact) mass is 428 g/mol. The van der Waals surface area contributed by atoms with Crippen molar-refractivity contribution in [3.8, 4) is 11.4 Å². The van der Waals surface area contributed by atoms with Gasteiger partial charge in [0.25, 0.3) is 0 Å². The lowest BCUT2D eigenvalue weighted by atomic mass is 10.3. The highest BCUT2D eigenvalue weighted by atomic mass is 32.2.